The third-order valence-electron chi connectivity index (χ3n) is 5.13. The second-order valence-corrected chi connectivity index (χ2v) is 7.13. The SMILES string of the molecule is COc1ccc(CN2C(=O)C(Nc3ccc(F)cc3)=C(c3ccccc3)C2=O)cc1OC. The van der Waals surface area contributed by atoms with E-state index >= 15 is 0 Å². The van der Waals surface area contributed by atoms with Gasteiger partial charge in [0.1, 0.15) is 11.5 Å². The number of hydrogen-bond acceptors (Lipinski definition) is 5. The highest BCUT2D eigenvalue weighted by Crippen LogP contribution is 2.33. The maximum Gasteiger partial charge on any atom is 0.278 e. The van der Waals surface area contributed by atoms with Crippen LogP contribution in [0, 0.1) is 5.82 Å². The summed E-state index contributed by atoms with van der Waals surface area (Å²) in [4.78, 5) is 27.8. The number of benzene rings is 3. The summed E-state index contributed by atoms with van der Waals surface area (Å²) in [7, 11) is 3.06. The predicted molar refractivity (Wildman–Crippen MR) is 118 cm³/mol. The van der Waals surface area contributed by atoms with Crippen molar-refractivity contribution in [1.82, 2.24) is 4.90 Å². The summed E-state index contributed by atoms with van der Waals surface area (Å²) in [5, 5.41) is 3.01. The highest BCUT2D eigenvalue weighted by atomic mass is 19.1. The quantitative estimate of drug-likeness (QED) is 0.566. The molecule has 0 aliphatic carbocycles. The van der Waals surface area contributed by atoms with Gasteiger partial charge in [-0.15, -0.1) is 0 Å². The Hall–Kier alpha value is -4.13. The maximum absolute atomic E-state index is 13.3. The van der Waals surface area contributed by atoms with Gasteiger partial charge in [0, 0.05) is 5.69 Å². The number of rotatable bonds is 7. The van der Waals surface area contributed by atoms with Crippen molar-refractivity contribution < 1.29 is 23.5 Å². The molecule has 0 fully saturated rings. The van der Waals surface area contributed by atoms with Crippen LogP contribution in [0.15, 0.2) is 78.5 Å². The number of ether oxygens (including phenoxy) is 2. The first-order valence-electron chi connectivity index (χ1n) is 9.91. The van der Waals surface area contributed by atoms with Gasteiger partial charge in [-0.05, 0) is 47.5 Å². The van der Waals surface area contributed by atoms with E-state index in [2.05, 4.69) is 5.32 Å². The summed E-state index contributed by atoms with van der Waals surface area (Å²) >= 11 is 0. The van der Waals surface area contributed by atoms with E-state index in [1.807, 2.05) is 6.07 Å². The fourth-order valence-electron chi connectivity index (χ4n) is 3.55. The molecule has 0 unspecified atom stereocenters. The number of nitrogens with zero attached hydrogens (tertiary/aromatic N) is 1. The molecule has 2 amide bonds. The van der Waals surface area contributed by atoms with E-state index in [0.717, 1.165) is 0 Å². The van der Waals surface area contributed by atoms with Gasteiger partial charge in [-0.25, -0.2) is 4.39 Å². The summed E-state index contributed by atoms with van der Waals surface area (Å²) in [6.07, 6.45) is 0. The zero-order valence-electron chi connectivity index (χ0n) is 17.6. The summed E-state index contributed by atoms with van der Waals surface area (Å²) in [6.45, 7) is 0.0585. The highest BCUT2D eigenvalue weighted by molar-refractivity contribution is 6.36. The number of amides is 2. The number of carbonyl (C=O) groups excluding carboxylic acids is 2. The first kappa shape index (κ1) is 21.1. The Bertz CT molecular complexity index is 1190. The van der Waals surface area contributed by atoms with Crippen molar-refractivity contribution in [2.75, 3.05) is 19.5 Å². The number of carbonyl (C=O) groups is 2. The number of nitrogens with one attached hydrogen (secondary N) is 1. The van der Waals surface area contributed by atoms with Gasteiger partial charge in [-0.2, -0.15) is 0 Å². The van der Waals surface area contributed by atoms with E-state index in [4.69, 9.17) is 9.47 Å². The van der Waals surface area contributed by atoms with E-state index in [1.165, 1.54) is 43.4 Å². The topological polar surface area (TPSA) is 67.9 Å². The van der Waals surface area contributed by atoms with E-state index in [1.54, 1.807) is 42.5 Å². The molecule has 6 nitrogen and oxygen atoms in total. The molecule has 1 aliphatic rings. The van der Waals surface area contributed by atoms with Crippen molar-refractivity contribution in [2.45, 2.75) is 6.54 Å². The smallest absolute Gasteiger partial charge is 0.278 e. The zero-order chi connectivity index (χ0) is 22.7. The molecule has 3 aromatic rings. The molecule has 3 aromatic carbocycles. The van der Waals surface area contributed by atoms with Crippen LogP contribution in [0.3, 0.4) is 0 Å². The Balaban J connectivity index is 1.69. The molecule has 0 radical (unpaired) electrons. The lowest BCUT2D eigenvalue weighted by atomic mass is 10.0. The molecule has 1 aliphatic heterocycles. The number of hydrogen-bond donors (Lipinski definition) is 1. The third-order valence-corrected chi connectivity index (χ3v) is 5.13. The second kappa shape index (κ2) is 8.93. The number of halogens is 1. The molecular formula is C25H21FN2O4. The predicted octanol–water partition coefficient (Wildman–Crippen LogP) is 4.24. The fourth-order valence-corrected chi connectivity index (χ4v) is 3.55. The third kappa shape index (κ3) is 4.05. The highest BCUT2D eigenvalue weighted by Gasteiger charge is 2.39. The Morgan fingerprint density at radius 3 is 2.19 bits per heavy atom. The lowest BCUT2D eigenvalue weighted by Gasteiger charge is -2.17. The molecule has 7 heteroatoms. The average molecular weight is 432 g/mol. The van der Waals surface area contributed by atoms with Gasteiger partial charge in [0.15, 0.2) is 11.5 Å². The van der Waals surface area contributed by atoms with Crippen molar-refractivity contribution in [3.8, 4) is 11.5 Å². The molecule has 1 N–H and O–H groups in total. The minimum atomic E-state index is -0.465. The molecule has 0 saturated carbocycles. The second-order valence-electron chi connectivity index (χ2n) is 7.13. The van der Waals surface area contributed by atoms with Gasteiger partial charge in [-0.3, -0.25) is 14.5 Å². The minimum absolute atomic E-state index is 0.0585. The van der Waals surface area contributed by atoms with Gasteiger partial charge in [0.25, 0.3) is 11.8 Å². The number of imide groups is 1. The molecule has 0 bridgehead atoms. The number of methoxy groups -OCH3 is 2. The molecule has 162 valence electrons. The Kier molecular flexibility index (Phi) is 5.89. The van der Waals surface area contributed by atoms with Gasteiger partial charge in [0.2, 0.25) is 0 Å². The van der Waals surface area contributed by atoms with E-state index in [0.29, 0.717) is 28.3 Å². The lowest BCUT2D eigenvalue weighted by molar-refractivity contribution is -0.137. The van der Waals surface area contributed by atoms with E-state index in [9.17, 15) is 14.0 Å². The van der Waals surface area contributed by atoms with Crippen molar-refractivity contribution in [3.05, 3.63) is 95.4 Å². The van der Waals surface area contributed by atoms with Gasteiger partial charge >= 0.3 is 0 Å². The standard InChI is InChI=1S/C25H21FN2O4/c1-31-20-13-8-16(14-21(20)32-2)15-28-24(29)22(17-6-4-3-5-7-17)23(25(28)30)27-19-11-9-18(26)10-12-19/h3-14,27H,15H2,1-2H3. The van der Waals surface area contributed by atoms with E-state index in [-0.39, 0.29) is 17.8 Å². The first-order chi connectivity index (χ1) is 15.5. The van der Waals surface area contributed by atoms with Crippen molar-refractivity contribution >= 4 is 23.1 Å². The summed E-state index contributed by atoms with van der Waals surface area (Å²) < 4.78 is 23.9. The van der Waals surface area contributed by atoms with Crippen molar-refractivity contribution in [3.63, 3.8) is 0 Å². The largest absolute Gasteiger partial charge is 0.493 e. The first-order valence-corrected chi connectivity index (χ1v) is 9.91. The number of anilines is 1. The van der Waals surface area contributed by atoms with Gasteiger partial charge < -0.3 is 14.8 Å². The van der Waals surface area contributed by atoms with Crippen LogP contribution in [0.4, 0.5) is 10.1 Å². The summed E-state index contributed by atoms with van der Waals surface area (Å²) in [5.74, 6) is -0.215. The Morgan fingerprint density at radius 2 is 1.53 bits per heavy atom. The molecule has 0 atom stereocenters. The minimum Gasteiger partial charge on any atom is -0.493 e. The molecule has 0 spiro atoms. The molecule has 1 heterocycles. The Labute approximate surface area is 184 Å². The average Bonchev–Trinajstić information content (AvgIpc) is 3.05. The Morgan fingerprint density at radius 1 is 0.844 bits per heavy atom. The molecule has 32 heavy (non-hydrogen) atoms. The van der Waals surface area contributed by atoms with Crippen LogP contribution >= 0.6 is 0 Å². The van der Waals surface area contributed by atoms with Crippen LogP contribution < -0.4 is 14.8 Å². The van der Waals surface area contributed by atoms with Crippen LogP contribution in [-0.2, 0) is 16.1 Å². The maximum atomic E-state index is 13.3. The summed E-state index contributed by atoms with van der Waals surface area (Å²) in [5.41, 5.74) is 2.24. The van der Waals surface area contributed by atoms with Crippen LogP contribution in [0.1, 0.15) is 11.1 Å². The van der Waals surface area contributed by atoms with Crippen LogP contribution in [0.5, 0.6) is 11.5 Å². The van der Waals surface area contributed by atoms with Crippen LogP contribution in [0.25, 0.3) is 5.57 Å². The normalized spacial score (nSPS) is 13.5. The monoisotopic (exact) mass is 432 g/mol. The molecule has 0 saturated heterocycles. The zero-order valence-corrected chi connectivity index (χ0v) is 17.6. The van der Waals surface area contributed by atoms with Crippen LogP contribution in [-0.4, -0.2) is 30.9 Å². The fraction of sp³-hybridized carbons (Fsp3) is 0.120. The van der Waals surface area contributed by atoms with Crippen LogP contribution in [0.2, 0.25) is 0 Å². The summed E-state index contributed by atoms with van der Waals surface area (Å²) in [6, 6.07) is 19.8. The molecule has 4 rings (SSSR count). The van der Waals surface area contributed by atoms with Gasteiger partial charge in [0.05, 0.1) is 26.3 Å². The lowest BCUT2D eigenvalue weighted by Crippen LogP contribution is -2.32. The molecular weight excluding hydrogens is 411 g/mol. The van der Waals surface area contributed by atoms with Crippen molar-refractivity contribution in [1.29, 1.82) is 0 Å². The van der Waals surface area contributed by atoms with E-state index < -0.39 is 17.6 Å². The van der Waals surface area contributed by atoms with Crippen molar-refractivity contribution in [2.24, 2.45) is 0 Å². The van der Waals surface area contributed by atoms with Gasteiger partial charge in [-0.1, -0.05) is 36.4 Å². The molecule has 0 aromatic heterocycles.